The van der Waals surface area contributed by atoms with E-state index in [-0.39, 0.29) is 0 Å². The molecule has 0 saturated carbocycles. The molecule has 0 aliphatic heterocycles. The fourth-order valence-electron chi connectivity index (χ4n) is 0.138. The standard InChI is InChI=1S/C4H6NS2/c5-1-3-7-4-2-6/h1,3H,4-5H2. The molecule has 2 N–H and O–H groups in total. The van der Waals surface area contributed by atoms with E-state index in [9.17, 15) is 0 Å². The highest BCUT2D eigenvalue weighted by Crippen LogP contribution is 1.96. The number of nitrogens with two attached hydrogens (primary N) is 1. The predicted octanol–water partition coefficient (Wildman–Crippen LogP) is 1.03. The van der Waals surface area contributed by atoms with Crippen LogP contribution in [0.15, 0.2) is 11.6 Å². The summed E-state index contributed by atoms with van der Waals surface area (Å²) in [6.07, 6.45) is 1.48. The Balaban J connectivity index is 2.82. The quantitative estimate of drug-likeness (QED) is 0.459. The van der Waals surface area contributed by atoms with E-state index >= 15 is 0 Å². The second-order valence-corrected chi connectivity index (χ2v) is 1.97. The van der Waals surface area contributed by atoms with Gasteiger partial charge in [-0.05, 0) is 5.41 Å². The molecule has 39 valence electrons. The minimum absolute atomic E-state index is 0.739. The molecule has 7 heavy (non-hydrogen) atoms. The molecule has 3 heteroatoms. The molecule has 0 amide bonds. The third-order valence-electron chi connectivity index (χ3n) is 0.317. The first kappa shape index (κ1) is 6.98. The second-order valence-electron chi connectivity index (χ2n) is 0.784. The lowest BCUT2D eigenvalue weighted by atomic mass is 11.0. The summed E-state index contributed by atoms with van der Waals surface area (Å²) in [7, 11) is 0. The van der Waals surface area contributed by atoms with Crippen LogP contribution in [-0.2, 0) is 0 Å². The van der Waals surface area contributed by atoms with Gasteiger partial charge in [0.1, 0.15) is 0 Å². The van der Waals surface area contributed by atoms with Crippen LogP contribution in [0.3, 0.4) is 0 Å². The first-order chi connectivity index (χ1) is 3.41. The highest BCUT2D eigenvalue weighted by Gasteiger charge is 1.70. The SMILES string of the molecule is NC=CSC[C]=S. The fourth-order valence-corrected chi connectivity index (χ4v) is 0.617. The van der Waals surface area contributed by atoms with E-state index in [0.717, 1.165) is 5.75 Å². The summed E-state index contributed by atoms with van der Waals surface area (Å²) in [5.41, 5.74) is 5.01. The van der Waals surface area contributed by atoms with E-state index in [2.05, 4.69) is 17.6 Å². The second kappa shape index (κ2) is 5.98. The van der Waals surface area contributed by atoms with E-state index in [0.29, 0.717) is 0 Å². The molecule has 0 spiro atoms. The van der Waals surface area contributed by atoms with Crippen molar-refractivity contribution in [1.82, 2.24) is 0 Å². The van der Waals surface area contributed by atoms with Crippen molar-refractivity contribution in [2.45, 2.75) is 0 Å². The minimum Gasteiger partial charge on any atom is -0.404 e. The average Bonchev–Trinajstić information content (AvgIpc) is 1.69. The third kappa shape index (κ3) is 5.98. The lowest BCUT2D eigenvalue weighted by molar-refractivity contribution is 1.63. The topological polar surface area (TPSA) is 26.0 Å². The molecule has 0 aromatic rings. The Bertz CT molecular complexity index is 70.1. The number of hydrogen-bond donors (Lipinski definition) is 1. The lowest BCUT2D eigenvalue weighted by Crippen LogP contribution is -1.74. The summed E-state index contributed by atoms with van der Waals surface area (Å²) in [4.78, 5) is 0. The van der Waals surface area contributed by atoms with Crippen molar-refractivity contribution in [3.05, 3.63) is 11.6 Å². The van der Waals surface area contributed by atoms with Crippen molar-refractivity contribution in [2.24, 2.45) is 5.73 Å². The summed E-state index contributed by atoms with van der Waals surface area (Å²) in [5.74, 6) is 0.739. The van der Waals surface area contributed by atoms with Crippen molar-refractivity contribution in [3.63, 3.8) is 0 Å². The Morgan fingerprint density at radius 2 is 2.57 bits per heavy atom. The van der Waals surface area contributed by atoms with Crippen LogP contribution in [0.2, 0.25) is 0 Å². The van der Waals surface area contributed by atoms with Gasteiger partial charge in [-0.15, -0.1) is 11.8 Å². The average molecular weight is 132 g/mol. The van der Waals surface area contributed by atoms with Gasteiger partial charge in [0.15, 0.2) is 0 Å². The van der Waals surface area contributed by atoms with Crippen molar-refractivity contribution < 1.29 is 0 Å². The molecule has 0 fully saturated rings. The molecule has 0 heterocycles. The maximum absolute atomic E-state index is 5.01. The normalized spacial score (nSPS) is 9.71. The Morgan fingerprint density at radius 1 is 1.86 bits per heavy atom. The molecule has 0 saturated heterocycles. The molecule has 0 bridgehead atoms. The van der Waals surface area contributed by atoms with Crippen LogP contribution in [-0.4, -0.2) is 11.1 Å². The molecule has 0 aliphatic carbocycles. The Morgan fingerprint density at radius 3 is 3.00 bits per heavy atom. The van der Waals surface area contributed by atoms with Crippen molar-refractivity contribution in [3.8, 4) is 0 Å². The van der Waals surface area contributed by atoms with Crippen LogP contribution in [0.5, 0.6) is 0 Å². The van der Waals surface area contributed by atoms with Gasteiger partial charge in [-0.25, -0.2) is 0 Å². The van der Waals surface area contributed by atoms with Crippen LogP contribution >= 0.6 is 24.0 Å². The summed E-state index contributed by atoms with van der Waals surface area (Å²) in [6.45, 7) is 0. The highest BCUT2D eigenvalue weighted by atomic mass is 32.2. The third-order valence-corrected chi connectivity index (χ3v) is 1.30. The molecule has 0 unspecified atom stereocenters. The zero-order chi connectivity index (χ0) is 5.54. The van der Waals surface area contributed by atoms with E-state index in [1.54, 1.807) is 5.41 Å². The Hall–Kier alpha value is -0.0200. The molecule has 0 aromatic heterocycles. The van der Waals surface area contributed by atoms with Crippen LogP contribution in [0.4, 0.5) is 0 Å². The minimum atomic E-state index is 0.739. The molecule has 0 aromatic carbocycles. The number of rotatable bonds is 3. The van der Waals surface area contributed by atoms with Gasteiger partial charge in [0.05, 0.1) is 0 Å². The number of hydrogen-bond acceptors (Lipinski definition) is 3. The fraction of sp³-hybridized carbons (Fsp3) is 0.250. The monoisotopic (exact) mass is 132 g/mol. The van der Waals surface area contributed by atoms with Crippen molar-refractivity contribution >= 4 is 29.3 Å². The molecule has 1 radical (unpaired) electrons. The van der Waals surface area contributed by atoms with Gasteiger partial charge in [0.25, 0.3) is 0 Å². The lowest BCUT2D eigenvalue weighted by Gasteiger charge is -1.77. The summed E-state index contributed by atoms with van der Waals surface area (Å²) >= 11 is 5.95. The maximum atomic E-state index is 5.01. The first-order valence-electron chi connectivity index (χ1n) is 1.75. The Kier molecular flexibility index (Phi) is 5.96. The van der Waals surface area contributed by atoms with E-state index < -0.39 is 0 Å². The largest absolute Gasteiger partial charge is 0.404 e. The molecular weight excluding hydrogens is 126 g/mol. The summed E-state index contributed by atoms with van der Waals surface area (Å²) < 4.78 is 0. The van der Waals surface area contributed by atoms with Gasteiger partial charge in [-0.1, -0.05) is 12.2 Å². The van der Waals surface area contributed by atoms with E-state index in [4.69, 9.17) is 5.73 Å². The highest BCUT2D eigenvalue weighted by molar-refractivity contribution is 8.03. The Labute approximate surface area is 53.0 Å². The van der Waals surface area contributed by atoms with Gasteiger partial charge in [0.2, 0.25) is 0 Å². The van der Waals surface area contributed by atoms with Crippen LogP contribution in [0.25, 0.3) is 0 Å². The summed E-state index contributed by atoms with van der Waals surface area (Å²) in [5, 5.41) is 4.32. The maximum Gasteiger partial charge on any atom is 0.0402 e. The molecule has 1 nitrogen and oxygen atoms in total. The van der Waals surface area contributed by atoms with Crippen LogP contribution in [0.1, 0.15) is 0 Å². The van der Waals surface area contributed by atoms with E-state index in [1.807, 2.05) is 0 Å². The van der Waals surface area contributed by atoms with Crippen LogP contribution < -0.4 is 5.73 Å². The van der Waals surface area contributed by atoms with Gasteiger partial charge in [0, 0.05) is 17.3 Å². The van der Waals surface area contributed by atoms with Crippen LogP contribution in [0, 0.1) is 0 Å². The van der Waals surface area contributed by atoms with E-state index in [1.165, 1.54) is 18.0 Å². The molecular formula is C4H6NS2. The van der Waals surface area contributed by atoms with Gasteiger partial charge < -0.3 is 5.73 Å². The van der Waals surface area contributed by atoms with Crippen molar-refractivity contribution in [2.75, 3.05) is 5.75 Å². The zero-order valence-electron chi connectivity index (χ0n) is 3.76. The van der Waals surface area contributed by atoms with Gasteiger partial charge in [-0.3, -0.25) is 0 Å². The first-order valence-corrected chi connectivity index (χ1v) is 3.21. The van der Waals surface area contributed by atoms with Gasteiger partial charge >= 0.3 is 0 Å². The molecule has 0 atom stereocenters. The smallest absolute Gasteiger partial charge is 0.0402 e. The number of thiocarbonyl (C=S) groups is 1. The van der Waals surface area contributed by atoms with Crippen molar-refractivity contribution in [1.29, 1.82) is 0 Å². The summed E-state index contributed by atoms with van der Waals surface area (Å²) in [6, 6.07) is 0. The molecule has 0 aliphatic rings. The molecule has 0 rings (SSSR count). The predicted molar refractivity (Wildman–Crippen MR) is 38.4 cm³/mol. The number of thioether (sulfide) groups is 1. The zero-order valence-corrected chi connectivity index (χ0v) is 5.39. The van der Waals surface area contributed by atoms with Gasteiger partial charge in [-0.2, -0.15) is 0 Å².